The molecule has 0 radical (unpaired) electrons. The molecule has 2 aromatic heterocycles. The zero-order valence-electron chi connectivity index (χ0n) is 12.9. The molecule has 1 unspecified atom stereocenters. The molecule has 2 aromatic rings. The number of fused-ring (bicyclic) bond motifs is 1. The van der Waals surface area contributed by atoms with Gasteiger partial charge in [-0.2, -0.15) is 0 Å². The zero-order chi connectivity index (χ0) is 16.3. The number of halogens is 1. The maximum absolute atomic E-state index is 12.8. The number of hydrogen-bond donors (Lipinski definition) is 1. The predicted octanol–water partition coefficient (Wildman–Crippen LogP) is 3.54. The van der Waals surface area contributed by atoms with E-state index in [0.717, 1.165) is 11.3 Å². The molecular weight excluding hydrogens is 300 g/mol. The lowest BCUT2D eigenvalue weighted by Crippen LogP contribution is -2.38. The molecule has 116 valence electrons. The minimum Gasteiger partial charge on any atom is -0.329 e. The van der Waals surface area contributed by atoms with Crippen molar-refractivity contribution in [1.29, 1.82) is 0 Å². The van der Waals surface area contributed by atoms with E-state index in [0.29, 0.717) is 23.6 Å². The number of carbonyl (C=O) groups is 1. The minimum absolute atomic E-state index is 0.0231. The average molecular weight is 319 g/mol. The molecule has 1 atom stereocenters. The highest BCUT2D eigenvalue weighted by molar-refractivity contribution is 6.29. The van der Waals surface area contributed by atoms with E-state index in [1.165, 1.54) is 6.07 Å². The third-order valence-corrected chi connectivity index (χ3v) is 4.18. The van der Waals surface area contributed by atoms with Gasteiger partial charge in [0.1, 0.15) is 5.15 Å². The molecule has 0 aliphatic heterocycles. The summed E-state index contributed by atoms with van der Waals surface area (Å²) >= 11 is 5.87. The van der Waals surface area contributed by atoms with Crippen molar-refractivity contribution >= 4 is 17.4 Å². The molecule has 0 aromatic carbocycles. The van der Waals surface area contributed by atoms with E-state index in [1.807, 2.05) is 20.8 Å². The topological polar surface area (TPSA) is 62.8 Å². The van der Waals surface area contributed by atoms with Crippen LogP contribution in [0.5, 0.6) is 0 Å². The largest absolute Gasteiger partial charge is 0.329 e. The number of aryl methyl sites for hydroxylation is 1. The number of aromatic nitrogens is 2. The van der Waals surface area contributed by atoms with E-state index in [1.54, 1.807) is 24.4 Å². The first kappa shape index (κ1) is 16.4. The van der Waals surface area contributed by atoms with Gasteiger partial charge in [0.15, 0.2) is 5.78 Å². The number of Topliss-reactive ketones (excluding diaryl/α,β-unsaturated/α-hetero) is 1. The number of rotatable bonds is 1. The van der Waals surface area contributed by atoms with Gasteiger partial charge in [0, 0.05) is 17.8 Å². The van der Waals surface area contributed by atoms with Crippen LogP contribution in [0.15, 0.2) is 35.3 Å². The molecule has 4 nitrogen and oxygen atoms in total. The van der Waals surface area contributed by atoms with Crippen molar-refractivity contribution in [3.63, 3.8) is 0 Å². The Labute approximate surface area is 134 Å². The van der Waals surface area contributed by atoms with Crippen LogP contribution in [0, 0.1) is 0 Å². The molecule has 22 heavy (non-hydrogen) atoms. The van der Waals surface area contributed by atoms with Crippen LogP contribution in [0.3, 0.4) is 0 Å². The smallest absolute Gasteiger partial charge is 0.247 e. The molecule has 1 aliphatic carbocycles. The highest BCUT2D eigenvalue weighted by Gasteiger charge is 2.40. The highest BCUT2D eigenvalue weighted by atomic mass is 35.5. The van der Waals surface area contributed by atoms with Crippen LogP contribution in [-0.4, -0.2) is 15.8 Å². The lowest BCUT2D eigenvalue weighted by Gasteiger charge is -2.33. The van der Waals surface area contributed by atoms with Crippen LogP contribution in [0.1, 0.15) is 48.8 Å². The Hall–Kier alpha value is -1.94. The van der Waals surface area contributed by atoms with Gasteiger partial charge in [-0.1, -0.05) is 31.5 Å². The Morgan fingerprint density at radius 2 is 1.91 bits per heavy atom. The van der Waals surface area contributed by atoms with E-state index in [2.05, 4.69) is 9.97 Å². The molecule has 0 fully saturated rings. The Morgan fingerprint density at radius 1 is 1.18 bits per heavy atom. The molecule has 1 N–H and O–H groups in total. The van der Waals surface area contributed by atoms with Crippen molar-refractivity contribution in [3.05, 3.63) is 62.8 Å². The van der Waals surface area contributed by atoms with Crippen molar-refractivity contribution in [1.82, 2.24) is 9.97 Å². The highest BCUT2D eigenvalue weighted by Crippen LogP contribution is 2.37. The van der Waals surface area contributed by atoms with E-state index in [4.69, 9.17) is 11.6 Å². The standard InChI is InChI=1S/C15H13ClN2O2.C2H6/c1-15(9-2-5-13(19)17-8-9)7-6-11-10(14(15)20)3-4-12(16)18-11;1-2/h2-5,8H,6-7H2,1H3,(H,17,19);1-2H3. The van der Waals surface area contributed by atoms with E-state index >= 15 is 0 Å². The van der Waals surface area contributed by atoms with Gasteiger partial charge in [0.05, 0.1) is 11.1 Å². The summed E-state index contributed by atoms with van der Waals surface area (Å²) < 4.78 is 0. The Bertz CT molecular complexity index is 734. The molecule has 3 rings (SSSR count). The lowest BCUT2D eigenvalue weighted by molar-refractivity contribution is 0.0874. The summed E-state index contributed by atoms with van der Waals surface area (Å²) in [6, 6.07) is 6.53. The second-order valence-corrected chi connectivity index (χ2v) is 5.62. The molecule has 0 saturated heterocycles. The van der Waals surface area contributed by atoms with E-state index < -0.39 is 5.41 Å². The van der Waals surface area contributed by atoms with Crippen molar-refractivity contribution in [2.24, 2.45) is 0 Å². The van der Waals surface area contributed by atoms with Gasteiger partial charge in [-0.3, -0.25) is 9.59 Å². The predicted molar refractivity (Wildman–Crippen MR) is 87.7 cm³/mol. The van der Waals surface area contributed by atoms with Crippen LogP contribution in [0.2, 0.25) is 5.15 Å². The maximum Gasteiger partial charge on any atom is 0.247 e. The summed E-state index contributed by atoms with van der Waals surface area (Å²) in [5, 5.41) is 0.407. The molecule has 1 aliphatic rings. The number of nitrogens with zero attached hydrogens (tertiary/aromatic N) is 1. The molecule has 0 amide bonds. The molecule has 2 heterocycles. The summed E-state index contributed by atoms with van der Waals surface area (Å²) in [5.74, 6) is 0.0231. The average Bonchev–Trinajstić information content (AvgIpc) is 2.54. The Morgan fingerprint density at radius 3 is 2.55 bits per heavy atom. The molecular formula is C17H19ClN2O2. The quantitative estimate of drug-likeness (QED) is 0.818. The number of nitrogens with one attached hydrogen (secondary N) is 1. The molecule has 5 heteroatoms. The van der Waals surface area contributed by atoms with Crippen molar-refractivity contribution in [2.75, 3.05) is 0 Å². The fraction of sp³-hybridized carbons (Fsp3) is 0.353. The second-order valence-electron chi connectivity index (χ2n) is 5.23. The number of aromatic amines is 1. The maximum atomic E-state index is 12.8. The van der Waals surface area contributed by atoms with Crippen LogP contribution < -0.4 is 5.56 Å². The van der Waals surface area contributed by atoms with Gasteiger partial charge < -0.3 is 4.98 Å². The summed E-state index contributed by atoms with van der Waals surface area (Å²) in [4.78, 5) is 30.8. The van der Waals surface area contributed by atoms with Crippen LogP contribution in [0.25, 0.3) is 0 Å². The van der Waals surface area contributed by atoms with E-state index in [9.17, 15) is 9.59 Å². The Balaban J connectivity index is 0.000000847. The number of ketones is 1. The van der Waals surface area contributed by atoms with Crippen molar-refractivity contribution in [2.45, 2.75) is 39.0 Å². The number of H-pyrrole nitrogens is 1. The van der Waals surface area contributed by atoms with Crippen LogP contribution in [-0.2, 0) is 11.8 Å². The molecule has 0 spiro atoms. The van der Waals surface area contributed by atoms with Gasteiger partial charge in [0.25, 0.3) is 0 Å². The van der Waals surface area contributed by atoms with E-state index in [-0.39, 0.29) is 11.3 Å². The lowest BCUT2D eigenvalue weighted by atomic mass is 9.69. The Kier molecular flexibility index (Phi) is 4.81. The SMILES string of the molecule is CC.CC1(c2ccc(=O)[nH]c2)CCc2nc(Cl)ccc2C1=O. The number of carbonyl (C=O) groups excluding carboxylic acids is 1. The summed E-state index contributed by atoms with van der Waals surface area (Å²) in [6.07, 6.45) is 2.96. The first-order valence-corrected chi connectivity index (χ1v) is 7.78. The summed E-state index contributed by atoms with van der Waals surface area (Å²) in [5.41, 5.74) is 1.39. The number of hydrogen-bond acceptors (Lipinski definition) is 3. The van der Waals surface area contributed by atoms with Crippen molar-refractivity contribution < 1.29 is 4.79 Å². The van der Waals surface area contributed by atoms with Crippen LogP contribution in [0.4, 0.5) is 0 Å². The van der Waals surface area contributed by atoms with Gasteiger partial charge in [-0.15, -0.1) is 0 Å². The normalized spacial score (nSPS) is 19.9. The van der Waals surface area contributed by atoms with Gasteiger partial charge in [-0.05, 0) is 37.5 Å². The fourth-order valence-electron chi connectivity index (χ4n) is 2.68. The molecule has 0 bridgehead atoms. The van der Waals surface area contributed by atoms with Gasteiger partial charge >= 0.3 is 0 Å². The zero-order valence-corrected chi connectivity index (χ0v) is 13.7. The monoisotopic (exact) mass is 318 g/mol. The second kappa shape index (κ2) is 6.44. The fourth-order valence-corrected chi connectivity index (χ4v) is 2.85. The minimum atomic E-state index is -0.632. The third kappa shape index (κ3) is 2.83. The molecule has 0 saturated carbocycles. The van der Waals surface area contributed by atoms with Crippen molar-refractivity contribution in [3.8, 4) is 0 Å². The van der Waals surface area contributed by atoms with Crippen LogP contribution >= 0.6 is 11.6 Å². The summed E-state index contributed by atoms with van der Waals surface area (Å²) in [6.45, 7) is 5.90. The van der Waals surface area contributed by atoms with Gasteiger partial charge in [-0.25, -0.2) is 4.98 Å². The summed E-state index contributed by atoms with van der Waals surface area (Å²) in [7, 11) is 0. The first-order valence-electron chi connectivity index (χ1n) is 7.40. The number of pyridine rings is 2. The third-order valence-electron chi connectivity index (χ3n) is 3.97. The first-order chi connectivity index (χ1) is 10.5. The van der Waals surface area contributed by atoms with Gasteiger partial charge in [0.2, 0.25) is 5.56 Å².